The zero-order chi connectivity index (χ0) is 28.1. The Kier molecular flexibility index (Phi) is 4.63. The van der Waals surface area contributed by atoms with Gasteiger partial charge in [0.1, 0.15) is 16.7 Å². The summed E-state index contributed by atoms with van der Waals surface area (Å²) in [6.45, 7) is 0. The maximum Gasteiger partial charge on any atom is 0.142 e. The molecule has 0 saturated heterocycles. The lowest BCUT2D eigenvalue weighted by Crippen LogP contribution is -1.91. The molecule has 0 amide bonds. The van der Waals surface area contributed by atoms with Crippen LogP contribution in [0.1, 0.15) is 0 Å². The van der Waals surface area contributed by atoms with Crippen molar-refractivity contribution in [2.24, 2.45) is 0 Å². The monoisotopic (exact) mass is 566 g/mol. The third-order valence-corrected chi connectivity index (χ3v) is 10.1. The van der Waals surface area contributed by atoms with Crippen LogP contribution in [0.15, 0.2) is 142 Å². The van der Waals surface area contributed by atoms with Crippen LogP contribution in [0.2, 0.25) is 0 Å². The summed E-state index contributed by atoms with van der Waals surface area (Å²) in [5, 5.41) is 10.8. The molecule has 200 valence electrons. The molecule has 3 heterocycles. The lowest BCUT2D eigenvalue weighted by molar-refractivity contribution is 0.616. The molecular formula is C40H22O2S. The highest BCUT2D eigenvalue weighted by Crippen LogP contribution is 2.48. The van der Waals surface area contributed by atoms with Gasteiger partial charge in [0.2, 0.25) is 0 Å². The summed E-state index contributed by atoms with van der Waals surface area (Å²) in [5.74, 6) is 0. The number of benzene rings is 7. The number of rotatable bonds is 2. The first kappa shape index (κ1) is 23.2. The quantitative estimate of drug-likeness (QED) is 0.195. The van der Waals surface area contributed by atoms with Gasteiger partial charge >= 0.3 is 0 Å². The highest BCUT2D eigenvalue weighted by atomic mass is 32.1. The first-order chi connectivity index (χ1) is 21.3. The van der Waals surface area contributed by atoms with E-state index in [1.807, 2.05) is 23.5 Å². The summed E-state index contributed by atoms with van der Waals surface area (Å²) in [7, 11) is 0. The van der Waals surface area contributed by atoms with Crippen molar-refractivity contribution in [3.8, 4) is 22.3 Å². The fraction of sp³-hybridized carbons (Fsp3) is 0. The Bertz CT molecular complexity index is 2680. The van der Waals surface area contributed by atoms with Gasteiger partial charge in [0, 0.05) is 47.5 Å². The largest absolute Gasteiger partial charge is 0.464 e. The van der Waals surface area contributed by atoms with Crippen LogP contribution in [-0.2, 0) is 0 Å². The summed E-state index contributed by atoms with van der Waals surface area (Å²) < 4.78 is 15.3. The molecule has 0 fully saturated rings. The van der Waals surface area contributed by atoms with E-state index in [2.05, 4.69) is 115 Å². The third kappa shape index (κ3) is 3.17. The van der Waals surface area contributed by atoms with E-state index in [0.29, 0.717) is 0 Å². The first-order valence-electron chi connectivity index (χ1n) is 14.5. The van der Waals surface area contributed by atoms with Crippen molar-refractivity contribution in [1.29, 1.82) is 0 Å². The van der Waals surface area contributed by atoms with Crippen molar-refractivity contribution < 1.29 is 8.83 Å². The van der Waals surface area contributed by atoms with E-state index in [0.717, 1.165) is 38.5 Å². The van der Waals surface area contributed by atoms with Gasteiger partial charge in [-0.15, -0.1) is 11.3 Å². The van der Waals surface area contributed by atoms with Gasteiger partial charge in [-0.25, -0.2) is 0 Å². The van der Waals surface area contributed by atoms with E-state index in [-0.39, 0.29) is 0 Å². The Labute approximate surface area is 250 Å². The lowest BCUT2D eigenvalue weighted by atomic mass is 9.85. The molecule has 10 rings (SSSR count). The van der Waals surface area contributed by atoms with E-state index in [1.54, 1.807) is 6.26 Å². The maximum atomic E-state index is 6.43. The summed E-state index contributed by atoms with van der Waals surface area (Å²) in [6, 6.07) is 45.7. The molecule has 0 N–H and O–H groups in total. The van der Waals surface area contributed by atoms with Crippen molar-refractivity contribution in [3.05, 3.63) is 134 Å². The molecule has 0 spiro atoms. The minimum Gasteiger partial charge on any atom is -0.464 e. The van der Waals surface area contributed by atoms with Gasteiger partial charge in [0.15, 0.2) is 0 Å². The Morgan fingerprint density at radius 1 is 0.442 bits per heavy atom. The second-order valence-electron chi connectivity index (χ2n) is 11.2. The second-order valence-corrected chi connectivity index (χ2v) is 12.3. The molecule has 3 aromatic heterocycles. The summed E-state index contributed by atoms with van der Waals surface area (Å²) >= 11 is 1.86. The number of thiophene rings is 1. The van der Waals surface area contributed by atoms with Gasteiger partial charge in [-0.3, -0.25) is 0 Å². The highest BCUT2D eigenvalue weighted by molar-refractivity contribution is 7.25. The minimum atomic E-state index is 0.873. The Hall–Kier alpha value is -5.38. The molecule has 0 bridgehead atoms. The molecule has 0 saturated carbocycles. The summed E-state index contributed by atoms with van der Waals surface area (Å²) in [4.78, 5) is 0. The van der Waals surface area contributed by atoms with Gasteiger partial charge in [0.25, 0.3) is 0 Å². The summed E-state index contributed by atoms with van der Waals surface area (Å²) in [5.41, 5.74) is 7.35. The Balaban J connectivity index is 1.33. The molecule has 0 aliphatic heterocycles. The number of hydrogen-bond acceptors (Lipinski definition) is 3. The molecule has 0 aliphatic rings. The van der Waals surface area contributed by atoms with Crippen LogP contribution < -0.4 is 0 Å². The molecule has 0 aliphatic carbocycles. The van der Waals surface area contributed by atoms with E-state index in [1.165, 1.54) is 58.4 Å². The predicted octanol–water partition coefficient (Wildman–Crippen LogP) is 12.3. The average molecular weight is 567 g/mol. The van der Waals surface area contributed by atoms with E-state index < -0.39 is 0 Å². The van der Waals surface area contributed by atoms with Crippen LogP contribution in [-0.4, -0.2) is 0 Å². The van der Waals surface area contributed by atoms with Gasteiger partial charge in [-0.05, 0) is 63.0 Å². The molecular weight excluding hydrogens is 545 g/mol. The molecule has 0 unspecified atom stereocenters. The first-order valence-corrected chi connectivity index (χ1v) is 15.3. The third-order valence-electron chi connectivity index (χ3n) is 8.95. The standard InChI is InChI=1S/C40H22O2S/c1-3-12-28-26(10-1)37(23-17-18-25-24-9-6-8-16-35(24)43-36(25)21-23)27-11-2-4-13-29(27)38(28)32-22-34-39(31-19-20-41-40(31)32)30-14-5-7-15-33(30)42-34/h1-22H. The van der Waals surface area contributed by atoms with Gasteiger partial charge in [0.05, 0.1) is 6.26 Å². The molecule has 2 nitrogen and oxygen atoms in total. The molecule has 10 aromatic rings. The van der Waals surface area contributed by atoms with Crippen LogP contribution in [0.5, 0.6) is 0 Å². The van der Waals surface area contributed by atoms with Crippen LogP contribution in [0, 0.1) is 0 Å². The molecule has 7 aromatic carbocycles. The zero-order valence-electron chi connectivity index (χ0n) is 22.9. The van der Waals surface area contributed by atoms with E-state index >= 15 is 0 Å². The number of fused-ring (bicyclic) bond motifs is 10. The molecule has 0 radical (unpaired) electrons. The van der Waals surface area contributed by atoms with Crippen molar-refractivity contribution >= 4 is 86.0 Å². The van der Waals surface area contributed by atoms with E-state index in [4.69, 9.17) is 8.83 Å². The SMILES string of the molecule is c1ccc2c(c1)oc1cc(-c3c4ccccc4c(-c4ccc5c(c4)sc4ccccc45)c4ccccc34)c3occc3c12. The lowest BCUT2D eigenvalue weighted by Gasteiger charge is -2.18. The smallest absolute Gasteiger partial charge is 0.142 e. The number of furan rings is 2. The fourth-order valence-electron chi connectivity index (χ4n) is 7.15. The van der Waals surface area contributed by atoms with Crippen molar-refractivity contribution in [3.63, 3.8) is 0 Å². The number of hydrogen-bond donors (Lipinski definition) is 0. The van der Waals surface area contributed by atoms with E-state index in [9.17, 15) is 0 Å². The molecule has 3 heteroatoms. The van der Waals surface area contributed by atoms with Crippen molar-refractivity contribution in [1.82, 2.24) is 0 Å². The highest BCUT2D eigenvalue weighted by Gasteiger charge is 2.22. The Morgan fingerprint density at radius 3 is 1.84 bits per heavy atom. The van der Waals surface area contributed by atoms with Crippen LogP contribution in [0.4, 0.5) is 0 Å². The van der Waals surface area contributed by atoms with Crippen LogP contribution >= 0.6 is 11.3 Å². The minimum absolute atomic E-state index is 0.873. The summed E-state index contributed by atoms with van der Waals surface area (Å²) in [6.07, 6.45) is 1.80. The average Bonchev–Trinajstić information content (AvgIpc) is 3.78. The van der Waals surface area contributed by atoms with Gasteiger partial charge < -0.3 is 8.83 Å². The fourth-order valence-corrected chi connectivity index (χ4v) is 8.30. The Morgan fingerprint density at radius 2 is 1.07 bits per heavy atom. The predicted molar refractivity (Wildman–Crippen MR) is 182 cm³/mol. The second kappa shape index (κ2) is 8.57. The van der Waals surface area contributed by atoms with Crippen LogP contribution in [0.25, 0.3) is 96.9 Å². The van der Waals surface area contributed by atoms with Crippen molar-refractivity contribution in [2.75, 3.05) is 0 Å². The maximum absolute atomic E-state index is 6.43. The van der Waals surface area contributed by atoms with Gasteiger partial charge in [-0.1, -0.05) is 97.1 Å². The topological polar surface area (TPSA) is 26.3 Å². The molecule has 43 heavy (non-hydrogen) atoms. The van der Waals surface area contributed by atoms with Crippen LogP contribution in [0.3, 0.4) is 0 Å². The van der Waals surface area contributed by atoms with Gasteiger partial charge in [-0.2, -0.15) is 0 Å². The number of para-hydroxylation sites is 1. The molecule has 0 atom stereocenters. The van der Waals surface area contributed by atoms with Crippen molar-refractivity contribution in [2.45, 2.75) is 0 Å². The zero-order valence-corrected chi connectivity index (χ0v) is 23.7. The normalized spacial score (nSPS) is 12.2.